The zero-order valence-corrected chi connectivity index (χ0v) is 21.4. The quantitative estimate of drug-likeness (QED) is 0.313. The van der Waals surface area contributed by atoms with E-state index >= 15 is 0 Å². The molecule has 0 fully saturated rings. The van der Waals surface area contributed by atoms with Crippen molar-refractivity contribution in [1.82, 2.24) is 14.8 Å². The Morgan fingerprint density at radius 1 is 1.23 bits per heavy atom. The number of thioether (sulfide) groups is 1. The average Bonchev–Trinajstić information content (AvgIpc) is 3.44. The van der Waals surface area contributed by atoms with Crippen LogP contribution in [-0.2, 0) is 28.9 Å². The third-order valence-corrected chi connectivity index (χ3v) is 7.87. The van der Waals surface area contributed by atoms with Crippen LogP contribution in [0.4, 0.5) is 9.39 Å². The first-order chi connectivity index (χ1) is 16.9. The molecule has 186 valence electrons. The number of methoxy groups -OCH3 is 1. The van der Waals surface area contributed by atoms with E-state index in [1.807, 2.05) is 18.4 Å². The van der Waals surface area contributed by atoms with Gasteiger partial charge in [-0.15, -0.1) is 21.5 Å². The van der Waals surface area contributed by atoms with Gasteiger partial charge in [0.2, 0.25) is 5.91 Å². The van der Waals surface area contributed by atoms with E-state index in [9.17, 15) is 14.0 Å². The van der Waals surface area contributed by atoms with Gasteiger partial charge in [-0.05, 0) is 69.4 Å². The number of nitrogens with one attached hydrogen (secondary N) is 1. The van der Waals surface area contributed by atoms with Gasteiger partial charge in [-0.2, -0.15) is 0 Å². The van der Waals surface area contributed by atoms with Crippen molar-refractivity contribution in [1.29, 1.82) is 0 Å². The first kappa shape index (κ1) is 25.2. The number of anilines is 1. The summed E-state index contributed by atoms with van der Waals surface area (Å²) in [6.07, 6.45) is 3.41. The number of hydrogen-bond acceptors (Lipinski definition) is 8. The van der Waals surface area contributed by atoms with Crippen LogP contribution in [0, 0.1) is 5.82 Å². The zero-order chi connectivity index (χ0) is 24.9. The van der Waals surface area contributed by atoms with E-state index in [2.05, 4.69) is 15.5 Å². The lowest BCUT2D eigenvalue weighted by Gasteiger charge is -2.15. The molecule has 1 amide bonds. The largest absolute Gasteiger partial charge is 0.483 e. The van der Waals surface area contributed by atoms with Gasteiger partial charge in [-0.25, -0.2) is 9.18 Å². The second-order valence-corrected chi connectivity index (χ2v) is 10.1. The summed E-state index contributed by atoms with van der Waals surface area (Å²) >= 11 is 2.72. The highest BCUT2D eigenvalue weighted by atomic mass is 32.2. The Kier molecular flexibility index (Phi) is 8.07. The Morgan fingerprint density at radius 3 is 2.69 bits per heavy atom. The Morgan fingerprint density at radius 2 is 1.97 bits per heavy atom. The van der Waals surface area contributed by atoms with E-state index in [1.165, 1.54) is 42.3 Å². The first-order valence-electron chi connectivity index (χ1n) is 11.4. The molecule has 0 saturated heterocycles. The van der Waals surface area contributed by atoms with Crippen LogP contribution >= 0.6 is 23.1 Å². The standard InChI is InChI=1S/C24H27FN4O4S2/c1-4-29-21(14(2)33-16-11-9-15(25)10-12-16)27-28-24(29)34-13-19(30)26-22-20(23(31)32-3)17-7-5-6-8-18(17)35-22/h9-12,14H,4-8,13H2,1-3H3,(H,26,30). The van der Waals surface area contributed by atoms with Crippen LogP contribution in [0.15, 0.2) is 29.4 Å². The minimum atomic E-state index is -0.420. The maximum atomic E-state index is 13.2. The maximum absolute atomic E-state index is 13.2. The molecule has 0 aliphatic heterocycles. The Hall–Kier alpha value is -2.92. The number of fused-ring (bicyclic) bond motifs is 1. The topological polar surface area (TPSA) is 95.3 Å². The number of hydrogen-bond donors (Lipinski definition) is 1. The summed E-state index contributed by atoms with van der Waals surface area (Å²) in [6.45, 7) is 4.39. The molecule has 3 aromatic rings. The lowest BCUT2D eigenvalue weighted by Crippen LogP contribution is -2.17. The molecule has 1 aliphatic carbocycles. The van der Waals surface area contributed by atoms with Crippen molar-refractivity contribution in [3.05, 3.63) is 51.9 Å². The molecule has 1 atom stereocenters. The fraction of sp³-hybridized carbons (Fsp3) is 0.417. The average molecular weight is 519 g/mol. The molecule has 2 aromatic heterocycles. The molecule has 0 spiro atoms. The van der Waals surface area contributed by atoms with Crippen molar-refractivity contribution in [3.63, 3.8) is 0 Å². The summed E-state index contributed by atoms with van der Waals surface area (Å²) in [7, 11) is 1.35. The zero-order valence-electron chi connectivity index (χ0n) is 19.8. The molecule has 0 bridgehead atoms. The lowest BCUT2D eigenvalue weighted by atomic mass is 9.95. The normalized spacial score (nSPS) is 13.7. The Labute approximate surface area is 211 Å². The summed E-state index contributed by atoms with van der Waals surface area (Å²) in [5.41, 5.74) is 1.48. The molecule has 1 aliphatic rings. The van der Waals surface area contributed by atoms with E-state index in [-0.39, 0.29) is 17.5 Å². The number of halogens is 1. The molecule has 8 nitrogen and oxygen atoms in total. The molecule has 1 N–H and O–H groups in total. The highest BCUT2D eigenvalue weighted by molar-refractivity contribution is 7.99. The molecule has 35 heavy (non-hydrogen) atoms. The van der Waals surface area contributed by atoms with Crippen LogP contribution in [0.2, 0.25) is 0 Å². The van der Waals surface area contributed by atoms with E-state index in [0.717, 1.165) is 36.1 Å². The number of esters is 1. The van der Waals surface area contributed by atoms with Gasteiger partial charge in [0.25, 0.3) is 0 Å². The van der Waals surface area contributed by atoms with Crippen LogP contribution in [-0.4, -0.2) is 39.5 Å². The number of carbonyl (C=O) groups excluding carboxylic acids is 2. The predicted molar refractivity (Wildman–Crippen MR) is 133 cm³/mol. The monoisotopic (exact) mass is 518 g/mol. The van der Waals surface area contributed by atoms with Crippen LogP contribution in [0.25, 0.3) is 0 Å². The minimum absolute atomic E-state index is 0.106. The molecule has 2 heterocycles. The molecular weight excluding hydrogens is 491 g/mol. The highest BCUT2D eigenvalue weighted by Crippen LogP contribution is 2.38. The van der Waals surface area contributed by atoms with Crippen molar-refractivity contribution in [2.45, 2.75) is 57.3 Å². The summed E-state index contributed by atoms with van der Waals surface area (Å²) in [5, 5.41) is 12.5. The molecule has 0 radical (unpaired) electrons. The number of thiophene rings is 1. The smallest absolute Gasteiger partial charge is 0.341 e. The maximum Gasteiger partial charge on any atom is 0.341 e. The first-order valence-corrected chi connectivity index (χ1v) is 13.2. The van der Waals surface area contributed by atoms with Crippen LogP contribution < -0.4 is 10.1 Å². The van der Waals surface area contributed by atoms with Gasteiger partial charge >= 0.3 is 5.97 Å². The fourth-order valence-corrected chi connectivity index (χ4v) is 6.14. The summed E-state index contributed by atoms with van der Waals surface area (Å²) < 4.78 is 25.9. The Balaban J connectivity index is 1.42. The molecule has 4 rings (SSSR count). The molecule has 0 saturated carbocycles. The van der Waals surface area contributed by atoms with Crippen molar-refractivity contribution in [3.8, 4) is 5.75 Å². The number of nitrogens with zero attached hydrogens (tertiary/aromatic N) is 3. The fourth-order valence-electron chi connectivity index (χ4n) is 4.04. The van der Waals surface area contributed by atoms with Crippen molar-refractivity contribution in [2.75, 3.05) is 18.2 Å². The number of aryl methyl sites for hydroxylation is 1. The predicted octanol–water partition coefficient (Wildman–Crippen LogP) is 5.03. The van der Waals surface area contributed by atoms with Crippen molar-refractivity contribution in [2.24, 2.45) is 0 Å². The third-order valence-electron chi connectivity index (χ3n) is 5.70. The summed E-state index contributed by atoms with van der Waals surface area (Å²) in [4.78, 5) is 26.3. The van der Waals surface area contributed by atoms with Gasteiger partial charge < -0.3 is 19.4 Å². The van der Waals surface area contributed by atoms with Gasteiger partial charge in [-0.3, -0.25) is 4.79 Å². The third kappa shape index (κ3) is 5.67. The highest BCUT2D eigenvalue weighted by Gasteiger charge is 2.27. The van der Waals surface area contributed by atoms with Crippen molar-refractivity contribution >= 4 is 40.0 Å². The summed E-state index contributed by atoms with van der Waals surface area (Å²) in [6, 6.07) is 5.79. The van der Waals surface area contributed by atoms with Gasteiger partial charge in [0.05, 0.1) is 18.4 Å². The van der Waals surface area contributed by atoms with Crippen LogP contribution in [0.5, 0.6) is 5.75 Å². The van der Waals surface area contributed by atoms with Crippen molar-refractivity contribution < 1.29 is 23.5 Å². The molecule has 1 unspecified atom stereocenters. The summed E-state index contributed by atoms with van der Waals surface area (Å²) in [5.74, 6) is 0.255. The second kappa shape index (κ2) is 11.2. The van der Waals surface area contributed by atoms with Gasteiger partial charge in [0, 0.05) is 11.4 Å². The minimum Gasteiger partial charge on any atom is -0.483 e. The SMILES string of the molecule is CCn1c(SCC(=O)Nc2sc3c(c2C(=O)OC)CCCC3)nnc1C(C)Oc1ccc(F)cc1. The number of aromatic nitrogens is 3. The van der Waals surface area contributed by atoms with E-state index in [4.69, 9.17) is 9.47 Å². The second-order valence-electron chi connectivity index (χ2n) is 8.04. The number of ether oxygens (including phenoxy) is 2. The van der Waals surface area contributed by atoms with E-state index in [0.29, 0.717) is 33.8 Å². The number of benzene rings is 1. The van der Waals surface area contributed by atoms with Gasteiger partial charge in [0.1, 0.15) is 16.6 Å². The van der Waals surface area contributed by atoms with Crippen LogP contribution in [0.1, 0.15) is 59.4 Å². The van der Waals surface area contributed by atoms with E-state index < -0.39 is 12.1 Å². The molecule has 1 aromatic carbocycles. The van der Waals surface area contributed by atoms with E-state index in [1.54, 1.807) is 12.1 Å². The van der Waals surface area contributed by atoms with Crippen LogP contribution in [0.3, 0.4) is 0 Å². The van der Waals surface area contributed by atoms with Gasteiger partial charge in [-0.1, -0.05) is 11.8 Å². The lowest BCUT2D eigenvalue weighted by molar-refractivity contribution is -0.113. The number of carbonyl (C=O) groups is 2. The number of amides is 1. The molecular formula is C24H27FN4O4S2. The Bertz CT molecular complexity index is 1210. The number of rotatable bonds is 9. The van der Waals surface area contributed by atoms with Gasteiger partial charge in [0.15, 0.2) is 17.1 Å². The molecule has 11 heteroatoms.